The van der Waals surface area contributed by atoms with Gasteiger partial charge in [-0.05, 0) is 52.2 Å². The molecule has 0 spiro atoms. The van der Waals surface area contributed by atoms with Gasteiger partial charge in [-0.25, -0.2) is 0 Å². The largest absolute Gasteiger partial charge is 0.507 e. The van der Waals surface area contributed by atoms with Gasteiger partial charge in [0.1, 0.15) is 34.9 Å². The minimum Gasteiger partial charge on any atom is -0.507 e. The lowest BCUT2D eigenvalue weighted by molar-refractivity contribution is 0.135. The molecule has 164 valence electrons. The molecule has 0 fully saturated rings. The Morgan fingerprint density at radius 3 is 2.42 bits per heavy atom. The van der Waals surface area contributed by atoms with E-state index >= 15 is 0 Å². The maximum absolute atomic E-state index is 11.1. The van der Waals surface area contributed by atoms with Crippen LogP contribution in [-0.2, 0) is 12.8 Å². The first kappa shape index (κ1) is 21.2. The number of fused-ring (bicyclic) bond motifs is 5. The van der Waals surface area contributed by atoms with Crippen molar-refractivity contribution in [3.63, 3.8) is 0 Å². The topological polar surface area (TPSA) is 68.2 Å². The van der Waals surface area contributed by atoms with Gasteiger partial charge in [-0.15, -0.1) is 0 Å². The quantitative estimate of drug-likeness (QED) is 0.602. The molecular formula is C26H30O5. The summed E-state index contributed by atoms with van der Waals surface area (Å²) in [6.45, 7) is 8.56. The summed E-state index contributed by atoms with van der Waals surface area (Å²) in [5.41, 5.74) is 5.62. The highest BCUT2D eigenvalue weighted by molar-refractivity contribution is 5.62. The molecule has 2 aliphatic heterocycles. The van der Waals surface area contributed by atoms with Gasteiger partial charge in [0.05, 0.1) is 25.2 Å². The third-order valence-electron chi connectivity index (χ3n) is 5.96. The van der Waals surface area contributed by atoms with Crippen molar-refractivity contribution in [3.8, 4) is 28.7 Å². The van der Waals surface area contributed by atoms with Crippen molar-refractivity contribution in [2.45, 2.75) is 52.6 Å². The molecule has 5 nitrogen and oxygen atoms in total. The first-order chi connectivity index (χ1) is 14.8. The van der Waals surface area contributed by atoms with E-state index in [2.05, 4.69) is 26.0 Å². The highest BCUT2D eigenvalue weighted by Gasteiger charge is 2.43. The Bertz CT molecular complexity index is 1070. The van der Waals surface area contributed by atoms with E-state index in [4.69, 9.17) is 14.2 Å². The highest BCUT2D eigenvalue weighted by atomic mass is 16.5. The van der Waals surface area contributed by atoms with Crippen LogP contribution in [0.3, 0.4) is 0 Å². The highest BCUT2D eigenvalue weighted by Crippen LogP contribution is 2.56. The molecule has 2 heterocycles. The number of benzene rings is 2. The van der Waals surface area contributed by atoms with Crippen LogP contribution in [0.15, 0.2) is 41.5 Å². The van der Waals surface area contributed by atoms with Crippen LogP contribution in [0.1, 0.15) is 62.0 Å². The van der Waals surface area contributed by atoms with Crippen molar-refractivity contribution in [1.82, 2.24) is 0 Å². The standard InChI is InChI=1S/C26H30O5/c1-14(2)6-8-16-10-18-19-13-30-23-11-20(27)17(9-7-15(3)4)25(28)24(23)26(19)31-22(18)12-21(16)29-5/h6-7,10-12,19,26-28H,8-9,13H2,1-5H3. The van der Waals surface area contributed by atoms with Gasteiger partial charge in [-0.2, -0.15) is 0 Å². The van der Waals surface area contributed by atoms with Crippen LogP contribution < -0.4 is 14.2 Å². The SMILES string of the molecule is COc1cc2c(cc1CC=C(C)C)C1COc3cc(O)c(CC=C(C)C)c(O)c3C1O2. The summed E-state index contributed by atoms with van der Waals surface area (Å²) >= 11 is 0. The van der Waals surface area contributed by atoms with E-state index in [1.54, 1.807) is 13.2 Å². The van der Waals surface area contributed by atoms with E-state index in [0.29, 0.717) is 29.9 Å². The summed E-state index contributed by atoms with van der Waals surface area (Å²) in [6.07, 6.45) is 5.01. The van der Waals surface area contributed by atoms with Crippen molar-refractivity contribution in [3.05, 3.63) is 63.8 Å². The zero-order chi connectivity index (χ0) is 22.3. The molecule has 0 aromatic heterocycles. The lowest BCUT2D eigenvalue weighted by Crippen LogP contribution is -2.23. The smallest absolute Gasteiger partial charge is 0.141 e. The van der Waals surface area contributed by atoms with Gasteiger partial charge in [-0.1, -0.05) is 23.3 Å². The predicted molar refractivity (Wildman–Crippen MR) is 121 cm³/mol. The Labute approximate surface area is 183 Å². The van der Waals surface area contributed by atoms with Gasteiger partial charge >= 0.3 is 0 Å². The third-order valence-corrected chi connectivity index (χ3v) is 5.96. The molecule has 31 heavy (non-hydrogen) atoms. The van der Waals surface area contributed by atoms with Gasteiger partial charge in [0.2, 0.25) is 0 Å². The molecule has 0 bridgehead atoms. The average Bonchev–Trinajstić information content (AvgIpc) is 3.07. The molecule has 0 aliphatic carbocycles. The van der Waals surface area contributed by atoms with Gasteiger partial charge in [0.25, 0.3) is 0 Å². The third kappa shape index (κ3) is 3.85. The van der Waals surface area contributed by atoms with Crippen LogP contribution in [0.2, 0.25) is 0 Å². The first-order valence-electron chi connectivity index (χ1n) is 10.6. The molecule has 2 aromatic carbocycles. The molecule has 2 aliphatic rings. The van der Waals surface area contributed by atoms with Gasteiger partial charge in [0.15, 0.2) is 0 Å². The number of phenols is 2. The van der Waals surface area contributed by atoms with E-state index in [1.165, 1.54) is 5.57 Å². The number of allylic oxidation sites excluding steroid dienone is 4. The second-order valence-corrected chi connectivity index (χ2v) is 8.76. The summed E-state index contributed by atoms with van der Waals surface area (Å²) in [6, 6.07) is 5.66. The number of aromatic hydroxyl groups is 2. The molecule has 2 unspecified atom stereocenters. The molecule has 4 rings (SSSR count). The maximum Gasteiger partial charge on any atom is 0.141 e. The van der Waals surface area contributed by atoms with Gasteiger partial charge in [0, 0.05) is 23.3 Å². The van der Waals surface area contributed by atoms with Crippen LogP contribution in [0.25, 0.3) is 0 Å². The zero-order valence-electron chi connectivity index (χ0n) is 18.8. The molecule has 0 saturated heterocycles. The molecule has 5 heteroatoms. The van der Waals surface area contributed by atoms with E-state index in [-0.39, 0.29) is 23.5 Å². The number of phenolic OH excluding ortho intramolecular Hbond substituents is 2. The number of hydrogen-bond acceptors (Lipinski definition) is 5. The monoisotopic (exact) mass is 422 g/mol. The lowest BCUT2D eigenvalue weighted by Gasteiger charge is -2.29. The molecule has 0 saturated carbocycles. The Balaban J connectivity index is 1.75. The Morgan fingerprint density at radius 2 is 1.74 bits per heavy atom. The van der Waals surface area contributed by atoms with Crippen LogP contribution >= 0.6 is 0 Å². The normalized spacial score (nSPS) is 18.1. The van der Waals surface area contributed by atoms with E-state index in [1.807, 2.05) is 26.0 Å². The Hall–Kier alpha value is -3.08. The molecular weight excluding hydrogens is 392 g/mol. The molecule has 2 N–H and O–H groups in total. The summed E-state index contributed by atoms with van der Waals surface area (Å²) in [4.78, 5) is 0. The van der Waals surface area contributed by atoms with Crippen molar-refractivity contribution in [2.75, 3.05) is 13.7 Å². The van der Waals surface area contributed by atoms with Crippen LogP contribution in [0.4, 0.5) is 0 Å². The second kappa shape index (κ2) is 8.22. The zero-order valence-corrected chi connectivity index (χ0v) is 18.8. The van der Waals surface area contributed by atoms with E-state index < -0.39 is 0 Å². The Kier molecular flexibility index (Phi) is 5.61. The van der Waals surface area contributed by atoms with Crippen LogP contribution in [0.5, 0.6) is 28.7 Å². The van der Waals surface area contributed by atoms with Crippen molar-refractivity contribution in [1.29, 1.82) is 0 Å². The van der Waals surface area contributed by atoms with Crippen molar-refractivity contribution < 1.29 is 24.4 Å². The van der Waals surface area contributed by atoms with E-state index in [9.17, 15) is 10.2 Å². The fourth-order valence-corrected chi connectivity index (χ4v) is 4.27. The minimum atomic E-state index is -0.367. The van der Waals surface area contributed by atoms with Gasteiger partial charge in [-0.3, -0.25) is 0 Å². The second-order valence-electron chi connectivity index (χ2n) is 8.76. The lowest BCUT2D eigenvalue weighted by atomic mass is 9.86. The van der Waals surface area contributed by atoms with Crippen molar-refractivity contribution in [2.24, 2.45) is 0 Å². The van der Waals surface area contributed by atoms with Crippen molar-refractivity contribution >= 4 is 0 Å². The average molecular weight is 423 g/mol. The molecule has 0 radical (unpaired) electrons. The summed E-state index contributed by atoms with van der Waals surface area (Å²) in [5, 5.41) is 21.5. The summed E-state index contributed by atoms with van der Waals surface area (Å²) in [5.74, 6) is 2.06. The minimum absolute atomic E-state index is 0.0355. The first-order valence-corrected chi connectivity index (χ1v) is 10.6. The molecule has 2 atom stereocenters. The van der Waals surface area contributed by atoms with E-state index in [0.717, 1.165) is 34.6 Å². The molecule has 2 aromatic rings. The fourth-order valence-electron chi connectivity index (χ4n) is 4.27. The van der Waals surface area contributed by atoms with Crippen LogP contribution in [-0.4, -0.2) is 23.9 Å². The predicted octanol–water partition coefficient (Wildman–Crippen LogP) is 5.73. The summed E-state index contributed by atoms with van der Waals surface area (Å²) in [7, 11) is 1.66. The number of ether oxygens (including phenoxy) is 3. The van der Waals surface area contributed by atoms with Gasteiger partial charge < -0.3 is 24.4 Å². The molecule has 0 amide bonds. The Morgan fingerprint density at radius 1 is 1.03 bits per heavy atom. The number of hydrogen-bond donors (Lipinski definition) is 2. The van der Waals surface area contributed by atoms with Crippen LogP contribution in [0, 0.1) is 0 Å². The maximum atomic E-state index is 11.1. The number of rotatable bonds is 5. The summed E-state index contributed by atoms with van der Waals surface area (Å²) < 4.78 is 17.9. The number of methoxy groups -OCH3 is 1. The fraction of sp³-hybridized carbons (Fsp3) is 0.385.